The molecule has 1 saturated carbocycles. The summed E-state index contributed by atoms with van der Waals surface area (Å²) in [7, 11) is 0. The zero-order valence-corrected chi connectivity index (χ0v) is 21.2. The Balaban J connectivity index is 1.56. The van der Waals surface area contributed by atoms with Crippen molar-refractivity contribution in [1.82, 2.24) is 19.8 Å². The third-order valence-corrected chi connectivity index (χ3v) is 6.45. The van der Waals surface area contributed by atoms with Gasteiger partial charge in [0.15, 0.2) is 0 Å². The van der Waals surface area contributed by atoms with E-state index in [0.29, 0.717) is 36.7 Å². The minimum absolute atomic E-state index is 0.0384. The minimum Gasteiger partial charge on any atom is -0.410 e. The maximum Gasteiger partial charge on any atom is 0.412 e. The highest BCUT2D eigenvalue weighted by Gasteiger charge is 2.24. The summed E-state index contributed by atoms with van der Waals surface area (Å²) in [6.45, 7) is 10.7. The Labute approximate surface area is 207 Å². The normalized spacial score (nSPS) is 13.3. The van der Waals surface area contributed by atoms with Crippen molar-refractivity contribution in [2.24, 2.45) is 5.92 Å². The van der Waals surface area contributed by atoms with Crippen molar-refractivity contribution in [3.63, 3.8) is 0 Å². The molecule has 1 aliphatic rings. The smallest absolute Gasteiger partial charge is 0.410 e. The number of aromatic nitrogens is 2. The van der Waals surface area contributed by atoms with Crippen LogP contribution < -0.4 is 10.1 Å². The summed E-state index contributed by atoms with van der Waals surface area (Å²) in [5, 5.41) is 2.83. The Morgan fingerprint density at radius 3 is 2.46 bits per heavy atom. The first-order chi connectivity index (χ1) is 16.9. The molecule has 2 aromatic carbocycles. The molecule has 1 aliphatic carbocycles. The fraction of sp³-hybridized carbons (Fsp3) is 0.464. The fourth-order valence-electron chi connectivity index (χ4n) is 4.17. The molecule has 4 rings (SSSR count). The number of carbonyl (C=O) groups excluding carboxylic acids is 2. The Morgan fingerprint density at radius 2 is 1.83 bits per heavy atom. The van der Waals surface area contributed by atoms with E-state index in [-0.39, 0.29) is 11.9 Å². The number of aryl methyl sites for hydroxylation is 1. The molecule has 0 aliphatic heterocycles. The molecular weight excluding hydrogens is 440 g/mol. The predicted octanol–water partition coefficient (Wildman–Crippen LogP) is 5.41. The number of hydrogen-bond acceptors (Lipinski definition) is 4. The molecule has 0 unspecified atom stereocenters. The number of amides is 2. The van der Waals surface area contributed by atoms with Crippen LogP contribution >= 0.6 is 0 Å². The molecule has 186 valence electrons. The number of imidazole rings is 1. The molecule has 35 heavy (non-hydrogen) atoms. The van der Waals surface area contributed by atoms with Crippen LogP contribution in [0.3, 0.4) is 0 Å². The van der Waals surface area contributed by atoms with Crippen molar-refractivity contribution < 1.29 is 14.3 Å². The van der Waals surface area contributed by atoms with Crippen LogP contribution in [0.4, 0.5) is 4.79 Å². The summed E-state index contributed by atoms with van der Waals surface area (Å²) in [6, 6.07) is 13.7. The predicted molar refractivity (Wildman–Crippen MR) is 138 cm³/mol. The van der Waals surface area contributed by atoms with Gasteiger partial charge in [0.1, 0.15) is 11.6 Å². The number of nitrogens with zero attached hydrogens (tertiary/aromatic N) is 3. The molecule has 7 nitrogen and oxygen atoms in total. The molecule has 0 radical (unpaired) electrons. The summed E-state index contributed by atoms with van der Waals surface area (Å²) in [5.41, 5.74) is 3.65. The van der Waals surface area contributed by atoms with E-state index in [4.69, 9.17) is 9.72 Å². The van der Waals surface area contributed by atoms with Gasteiger partial charge in [-0.2, -0.15) is 0 Å². The summed E-state index contributed by atoms with van der Waals surface area (Å²) in [5.74, 6) is 2.10. The van der Waals surface area contributed by atoms with E-state index < -0.39 is 6.09 Å². The van der Waals surface area contributed by atoms with Gasteiger partial charge in [-0.15, -0.1) is 0 Å². The average molecular weight is 477 g/mol. The average Bonchev–Trinajstić information content (AvgIpc) is 3.58. The fourth-order valence-corrected chi connectivity index (χ4v) is 4.17. The second kappa shape index (κ2) is 10.9. The second-order valence-corrected chi connectivity index (χ2v) is 9.67. The van der Waals surface area contributed by atoms with Gasteiger partial charge in [-0.05, 0) is 74.9 Å². The van der Waals surface area contributed by atoms with Crippen LogP contribution in [0.1, 0.15) is 68.7 Å². The lowest BCUT2D eigenvalue weighted by Gasteiger charge is -2.18. The lowest BCUT2D eigenvalue weighted by Crippen LogP contribution is -2.30. The number of nitrogens with one attached hydrogen (secondary N) is 1. The lowest BCUT2D eigenvalue weighted by atomic mass is 10.1. The molecule has 3 aromatic rings. The molecular formula is C28H36N4O3. The maximum atomic E-state index is 12.9. The number of benzene rings is 2. The van der Waals surface area contributed by atoms with E-state index in [1.165, 1.54) is 0 Å². The Morgan fingerprint density at radius 1 is 1.11 bits per heavy atom. The topological polar surface area (TPSA) is 76.5 Å². The number of fused-ring (bicyclic) bond motifs is 1. The Bertz CT molecular complexity index is 1170. The first kappa shape index (κ1) is 24.8. The van der Waals surface area contributed by atoms with E-state index in [1.54, 1.807) is 0 Å². The van der Waals surface area contributed by atoms with Gasteiger partial charge in [-0.1, -0.05) is 26.0 Å². The van der Waals surface area contributed by atoms with Crippen LogP contribution in [0.15, 0.2) is 42.5 Å². The highest BCUT2D eigenvalue weighted by atomic mass is 16.6. The zero-order valence-electron chi connectivity index (χ0n) is 21.2. The monoisotopic (exact) mass is 476 g/mol. The van der Waals surface area contributed by atoms with Gasteiger partial charge in [-0.3, -0.25) is 4.79 Å². The van der Waals surface area contributed by atoms with Crippen LogP contribution in [0.25, 0.3) is 11.0 Å². The van der Waals surface area contributed by atoms with E-state index >= 15 is 0 Å². The highest BCUT2D eigenvalue weighted by molar-refractivity contribution is 5.97. The van der Waals surface area contributed by atoms with Crippen LogP contribution in [-0.4, -0.2) is 45.6 Å². The zero-order chi connectivity index (χ0) is 24.9. The third-order valence-electron chi connectivity index (χ3n) is 6.45. The van der Waals surface area contributed by atoms with Gasteiger partial charge in [-0.25, -0.2) is 9.78 Å². The number of hydrogen-bond donors (Lipinski definition) is 1. The summed E-state index contributed by atoms with van der Waals surface area (Å²) in [4.78, 5) is 31.5. The molecule has 0 atom stereocenters. The second-order valence-electron chi connectivity index (χ2n) is 9.67. The highest BCUT2D eigenvalue weighted by Crippen LogP contribution is 2.24. The molecule has 1 N–H and O–H groups in total. The first-order valence-corrected chi connectivity index (χ1v) is 12.7. The summed E-state index contributed by atoms with van der Waals surface area (Å²) in [6.07, 6.45) is 3.35. The van der Waals surface area contributed by atoms with E-state index in [0.717, 1.165) is 48.2 Å². The standard InChI is InChI=1S/C28H36N4O3/c1-5-31(6-2)27(33)21-9-14-25-24(18-21)30-26(32(25)16-15-19(3)4)17-20-7-12-23(13-8-20)35-28(34)29-22-10-11-22/h7-9,12-14,18-19,22H,5-6,10-11,15-17H2,1-4H3,(H,29,34). The van der Waals surface area contributed by atoms with Gasteiger partial charge < -0.3 is 19.5 Å². The van der Waals surface area contributed by atoms with Crippen LogP contribution in [-0.2, 0) is 13.0 Å². The molecule has 1 fully saturated rings. The largest absolute Gasteiger partial charge is 0.412 e. The third kappa shape index (κ3) is 6.21. The van der Waals surface area contributed by atoms with Crippen LogP contribution in [0, 0.1) is 5.92 Å². The maximum absolute atomic E-state index is 12.9. The quantitative estimate of drug-likeness (QED) is 0.425. The van der Waals surface area contributed by atoms with Crippen molar-refractivity contribution in [2.45, 2.75) is 66.0 Å². The van der Waals surface area contributed by atoms with Crippen molar-refractivity contribution in [3.05, 3.63) is 59.4 Å². The Kier molecular flexibility index (Phi) is 7.73. The first-order valence-electron chi connectivity index (χ1n) is 12.7. The van der Waals surface area contributed by atoms with Crippen molar-refractivity contribution in [1.29, 1.82) is 0 Å². The summed E-state index contributed by atoms with van der Waals surface area (Å²) < 4.78 is 7.65. The molecule has 2 amide bonds. The SMILES string of the molecule is CCN(CC)C(=O)c1ccc2c(c1)nc(Cc1ccc(OC(=O)NC3CC3)cc1)n2CCC(C)C. The van der Waals surface area contributed by atoms with Crippen molar-refractivity contribution in [3.8, 4) is 5.75 Å². The Hall–Kier alpha value is -3.35. The van der Waals surface area contributed by atoms with E-state index in [9.17, 15) is 9.59 Å². The molecule has 1 aromatic heterocycles. The molecule has 0 saturated heterocycles. The van der Waals surface area contributed by atoms with Crippen LogP contribution in [0.5, 0.6) is 5.75 Å². The minimum atomic E-state index is -0.397. The number of carbonyl (C=O) groups is 2. The van der Waals surface area contributed by atoms with Gasteiger partial charge in [0.25, 0.3) is 5.91 Å². The number of ether oxygens (including phenoxy) is 1. The lowest BCUT2D eigenvalue weighted by molar-refractivity contribution is 0.0773. The number of rotatable bonds is 10. The summed E-state index contributed by atoms with van der Waals surface area (Å²) >= 11 is 0. The van der Waals surface area contributed by atoms with E-state index in [2.05, 4.69) is 23.7 Å². The van der Waals surface area contributed by atoms with E-state index in [1.807, 2.05) is 61.2 Å². The molecule has 0 bridgehead atoms. The van der Waals surface area contributed by atoms with Gasteiger partial charge in [0.2, 0.25) is 0 Å². The molecule has 7 heteroatoms. The molecule has 0 spiro atoms. The van der Waals surface area contributed by atoms with Gasteiger partial charge in [0, 0.05) is 37.7 Å². The van der Waals surface area contributed by atoms with Crippen LogP contribution in [0.2, 0.25) is 0 Å². The van der Waals surface area contributed by atoms with Crippen molar-refractivity contribution in [2.75, 3.05) is 13.1 Å². The van der Waals surface area contributed by atoms with Crippen molar-refractivity contribution >= 4 is 23.0 Å². The van der Waals surface area contributed by atoms with Gasteiger partial charge >= 0.3 is 6.09 Å². The van der Waals surface area contributed by atoms with Gasteiger partial charge in [0.05, 0.1) is 11.0 Å². The molecule has 1 heterocycles.